The molecule has 1 unspecified atom stereocenters. The molecule has 0 spiro atoms. The van der Waals surface area contributed by atoms with E-state index in [1.54, 1.807) is 44.2 Å². The van der Waals surface area contributed by atoms with Crippen molar-refractivity contribution in [3.8, 4) is 0 Å². The third kappa shape index (κ3) is 6.50. The molecule has 2 heterocycles. The number of nitrogens with one attached hydrogen (secondary N) is 1. The summed E-state index contributed by atoms with van der Waals surface area (Å²) in [7, 11) is 0. The van der Waals surface area contributed by atoms with E-state index in [2.05, 4.69) is 5.32 Å². The van der Waals surface area contributed by atoms with Crippen LogP contribution in [0.4, 0.5) is 0 Å². The molecule has 33 heavy (non-hydrogen) atoms. The molecule has 1 aliphatic carbocycles. The largest absolute Gasteiger partial charge is 0.461 e. The zero-order valence-electron chi connectivity index (χ0n) is 19.8. The molecule has 0 saturated carbocycles. The molecule has 1 amide bonds. The van der Waals surface area contributed by atoms with Crippen LogP contribution >= 0.6 is 0 Å². The Morgan fingerprint density at radius 3 is 2.39 bits per heavy atom. The maximum atomic E-state index is 13.5. The van der Waals surface area contributed by atoms with Crippen LogP contribution in [0.15, 0.2) is 47.6 Å². The zero-order chi connectivity index (χ0) is 24.9. The van der Waals surface area contributed by atoms with Gasteiger partial charge in [0.2, 0.25) is 5.91 Å². The molecule has 2 aliphatic heterocycles. The fraction of sp³-hybridized carbons (Fsp3) is 0.560. The van der Waals surface area contributed by atoms with E-state index in [0.717, 1.165) is 5.57 Å². The van der Waals surface area contributed by atoms with Crippen molar-refractivity contribution >= 4 is 17.7 Å². The van der Waals surface area contributed by atoms with Crippen LogP contribution in [0.5, 0.6) is 0 Å². The van der Waals surface area contributed by atoms with Crippen molar-refractivity contribution in [3.63, 3.8) is 0 Å². The first kappa shape index (κ1) is 26.7. The number of hydrogen-bond acceptors (Lipinski definition) is 7. The molecule has 8 nitrogen and oxygen atoms in total. The van der Waals surface area contributed by atoms with Gasteiger partial charge in [-0.2, -0.15) is 0 Å². The van der Waals surface area contributed by atoms with Crippen molar-refractivity contribution in [3.05, 3.63) is 47.6 Å². The summed E-state index contributed by atoms with van der Waals surface area (Å²) in [5.74, 6) is -2.70. The van der Waals surface area contributed by atoms with Gasteiger partial charge < -0.3 is 25.4 Å². The van der Waals surface area contributed by atoms with Gasteiger partial charge in [-0.1, -0.05) is 54.5 Å². The number of esters is 1. The molecule has 0 aromatic rings. The average molecular weight is 462 g/mol. The Morgan fingerprint density at radius 2 is 1.76 bits per heavy atom. The van der Waals surface area contributed by atoms with Gasteiger partial charge in [-0.25, -0.2) is 0 Å². The van der Waals surface area contributed by atoms with Crippen LogP contribution in [0.1, 0.15) is 47.5 Å². The number of carbonyl (C=O) groups excluding carboxylic acids is 3. The lowest BCUT2D eigenvalue weighted by atomic mass is 9.69. The van der Waals surface area contributed by atoms with Gasteiger partial charge in [-0.15, -0.1) is 0 Å². The molecule has 2 bridgehead atoms. The lowest BCUT2D eigenvalue weighted by Crippen LogP contribution is -2.61. The van der Waals surface area contributed by atoms with Gasteiger partial charge in [0.1, 0.15) is 17.6 Å². The van der Waals surface area contributed by atoms with E-state index in [4.69, 9.17) is 4.74 Å². The maximum Gasteiger partial charge on any atom is 0.322 e. The first-order valence-electron chi connectivity index (χ1n) is 11.2. The Bertz CT molecular complexity index is 885. The molecular weight excluding hydrogens is 426 g/mol. The molecule has 1 saturated heterocycles. The van der Waals surface area contributed by atoms with E-state index >= 15 is 0 Å². The minimum absolute atomic E-state index is 0.0439. The van der Waals surface area contributed by atoms with E-state index in [0.29, 0.717) is 12.0 Å². The highest BCUT2D eigenvalue weighted by Gasteiger charge is 2.56. The van der Waals surface area contributed by atoms with Gasteiger partial charge in [-0.3, -0.25) is 14.4 Å². The van der Waals surface area contributed by atoms with Gasteiger partial charge >= 0.3 is 5.97 Å². The summed E-state index contributed by atoms with van der Waals surface area (Å²) < 4.78 is 5.61. The molecule has 182 valence electrons. The van der Waals surface area contributed by atoms with E-state index < -0.39 is 59.5 Å². The van der Waals surface area contributed by atoms with Crippen LogP contribution < -0.4 is 5.32 Å². The third-order valence-corrected chi connectivity index (χ3v) is 6.21. The Balaban J connectivity index is 2.56. The molecule has 0 aromatic heterocycles. The second-order valence-electron chi connectivity index (χ2n) is 9.14. The van der Waals surface area contributed by atoms with E-state index in [1.807, 2.05) is 13.0 Å². The smallest absolute Gasteiger partial charge is 0.322 e. The summed E-state index contributed by atoms with van der Waals surface area (Å²) in [5, 5.41) is 32.9. The zero-order valence-corrected chi connectivity index (χ0v) is 19.8. The number of aliphatic hydroxyl groups is 3. The first-order chi connectivity index (χ1) is 15.4. The Hall–Kier alpha value is -2.55. The number of aliphatic hydroxyl groups excluding tert-OH is 3. The molecule has 4 N–H and O–H groups in total. The lowest BCUT2D eigenvalue weighted by molar-refractivity contribution is -0.181. The summed E-state index contributed by atoms with van der Waals surface area (Å²) >= 11 is 0. The standard InChI is InChI=1S/C25H35NO7/c1-14-6-9-18(28)10-8-15(2)12-21(26-23(31)17(4)27)25(5)22(30)16(3)20(33-24(25)32)13-19(29)11-7-14/h6-8,10-12,16-21,27-29H,9,13H2,1-5H3,(H,26,31)/b10-8?,11-7-,14-6+,15-12?/t16-,17-,18+,19-,20-,21?,25+/m1/s1. The van der Waals surface area contributed by atoms with Crippen molar-refractivity contribution in [2.75, 3.05) is 0 Å². The summed E-state index contributed by atoms with van der Waals surface area (Å²) in [5.41, 5.74) is -0.292. The number of fused-ring (bicyclic) bond motifs is 10. The predicted octanol–water partition coefficient (Wildman–Crippen LogP) is 1.51. The summed E-state index contributed by atoms with van der Waals surface area (Å²) in [6, 6.07) is -1.09. The van der Waals surface area contributed by atoms with Gasteiger partial charge in [0.25, 0.3) is 0 Å². The number of rotatable bonds is 2. The number of allylic oxidation sites excluding steroid dienone is 4. The average Bonchev–Trinajstić information content (AvgIpc) is 2.75. The first-order valence-corrected chi connectivity index (χ1v) is 11.2. The van der Waals surface area contributed by atoms with Gasteiger partial charge in [0, 0.05) is 6.42 Å². The number of amides is 1. The minimum Gasteiger partial charge on any atom is -0.461 e. The molecule has 1 fully saturated rings. The van der Waals surface area contributed by atoms with Crippen LogP contribution in [0.25, 0.3) is 0 Å². The fourth-order valence-electron chi connectivity index (χ4n) is 3.88. The number of carbonyl (C=O) groups is 3. The fourth-order valence-corrected chi connectivity index (χ4v) is 3.88. The summed E-state index contributed by atoms with van der Waals surface area (Å²) in [6.07, 6.45) is 6.38. The van der Waals surface area contributed by atoms with Crippen molar-refractivity contribution in [2.45, 2.75) is 77.9 Å². The SMILES string of the molecule is CC1=CC(NC(=O)[C@@H](C)O)[C@]2(C)C(=O)O[C@H](C[C@H](O)/C=C\C(C)=C\C[C@H](O)C=C1)[C@@H](C)C2=O. The number of hydrogen-bond donors (Lipinski definition) is 4. The van der Waals surface area contributed by atoms with Crippen molar-refractivity contribution in [2.24, 2.45) is 11.3 Å². The normalized spacial score (nSPS) is 37.3. The maximum absolute atomic E-state index is 13.5. The number of ether oxygens (including phenoxy) is 1. The van der Waals surface area contributed by atoms with Crippen LogP contribution in [0.2, 0.25) is 0 Å². The van der Waals surface area contributed by atoms with Gasteiger partial charge in [-0.05, 0) is 34.1 Å². The Labute approximate surface area is 194 Å². The second kappa shape index (κ2) is 11.0. The predicted molar refractivity (Wildman–Crippen MR) is 123 cm³/mol. The van der Waals surface area contributed by atoms with Crippen LogP contribution in [0, 0.1) is 11.3 Å². The van der Waals surface area contributed by atoms with Crippen molar-refractivity contribution in [1.29, 1.82) is 0 Å². The van der Waals surface area contributed by atoms with Crippen LogP contribution in [-0.4, -0.2) is 63.4 Å². The van der Waals surface area contributed by atoms with Crippen molar-refractivity contribution in [1.82, 2.24) is 5.32 Å². The minimum atomic E-state index is -1.74. The number of Topliss-reactive ketones (excluding diaryl/α,β-unsaturated/α-hetero) is 1. The third-order valence-electron chi connectivity index (χ3n) is 6.21. The van der Waals surface area contributed by atoms with Crippen LogP contribution in [-0.2, 0) is 19.1 Å². The lowest BCUT2D eigenvalue weighted by Gasteiger charge is -2.42. The molecule has 0 aromatic carbocycles. The van der Waals surface area contributed by atoms with Crippen molar-refractivity contribution < 1.29 is 34.4 Å². The van der Waals surface area contributed by atoms with E-state index in [9.17, 15) is 29.7 Å². The summed E-state index contributed by atoms with van der Waals surface area (Å²) in [6.45, 7) is 7.89. The molecule has 0 radical (unpaired) electrons. The molecular formula is C25H35NO7. The Kier molecular flexibility index (Phi) is 8.94. The molecule has 8 heteroatoms. The number of ketones is 1. The van der Waals surface area contributed by atoms with Gasteiger partial charge in [0.15, 0.2) is 5.78 Å². The summed E-state index contributed by atoms with van der Waals surface area (Å²) in [4.78, 5) is 38.9. The monoisotopic (exact) mass is 461 g/mol. The molecule has 3 rings (SSSR count). The van der Waals surface area contributed by atoms with E-state index in [-0.39, 0.29) is 6.42 Å². The topological polar surface area (TPSA) is 133 Å². The molecule has 3 aliphatic rings. The van der Waals surface area contributed by atoms with E-state index in [1.165, 1.54) is 13.8 Å². The highest BCUT2D eigenvalue weighted by Crippen LogP contribution is 2.38. The Morgan fingerprint density at radius 1 is 1.15 bits per heavy atom. The van der Waals surface area contributed by atoms with Crippen LogP contribution in [0.3, 0.4) is 0 Å². The van der Waals surface area contributed by atoms with Gasteiger partial charge in [0.05, 0.1) is 24.2 Å². The second-order valence-corrected chi connectivity index (χ2v) is 9.14. The highest BCUT2D eigenvalue weighted by atomic mass is 16.5. The highest BCUT2D eigenvalue weighted by molar-refractivity contribution is 6.08. The molecule has 7 atom stereocenters. The quantitative estimate of drug-likeness (QED) is 0.362.